The van der Waals surface area contributed by atoms with Crippen molar-refractivity contribution in [1.82, 2.24) is 4.90 Å². The molecule has 0 amide bonds. The van der Waals surface area contributed by atoms with Crippen LogP contribution in [0.1, 0.15) is 42.5 Å². The number of hydrogen-bond acceptors (Lipinski definition) is 2. The van der Waals surface area contributed by atoms with Crippen LogP contribution in [-0.2, 0) is 6.42 Å². The highest BCUT2D eigenvalue weighted by Crippen LogP contribution is 2.18. The van der Waals surface area contributed by atoms with Crippen LogP contribution in [0.3, 0.4) is 0 Å². The normalized spacial score (nSPS) is 13.0. The summed E-state index contributed by atoms with van der Waals surface area (Å²) in [7, 11) is 0. The largest absolute Gasteiger partial charge is 0.327 e. The van der Waals surface area contributed by atoms with Crippen LogP contribution in [-0.4, -0.2) is 30.6 Å². The maximum Gasteiger partial charge on any atom is 0.00916 e. The summed E-state index contributed by atoms with van der Waals surface area (Å²) in [5, 5.41) is 0. The molecule has 0 radical (unpaired) electrons. The molecule has 19 heavy (non-hydrogen) atoms. The first-order valence-corrected chi connectivity index (χ1v) is 7.52. The van der Waals surface area contributed by atoms with Gasteiger partial charge in [-0.05, 0) is 69.9 Å². The van der Waals surface area contributed by atoms with Gasteiger partial charge >= 0.3 is 0 Å². The van der Waals surface area contributed by atoms with Crippen LogP contribution in [0, 0.1) is 20.8 Å². The molecule has 2 heteroatoms. The van der Waals surface area contributed by atoms with Crippen LogP contribution in [0.2, 0.25) is 0 Å². The number of aryl methyl sites for hydroxylation is 3. The minimum Gasteiger partial charge on any atom is -0.327 e. The zero-order valence-electron chi connectivity index (χ0n) is 13.3. The Morgan fingerprint density at radius 1 is 1.05 bits per heavy atom. The zero-order valence-corrected chi connectivity index (χ0v) is 13.3. The maximum absolute atomic E-state index is 6.31. The summed E-state index contributed by atoms with van der Waals surface area (Å²) in [4.78, 5) is 2.44. The molecule has 1 aromatic rings. The molecule has 0 aliphatic heterocycles. The Balaban J connectivity index is 2.60. The number of rotatable bonds is 7. The van der Waals surface area contributed by atoms with Gasteiger partial charge in [-0.3, -0.25) is 0 Å². The number of nitrogens with two attached hydrogens (primary N) is 1. The fourth-order valence-electron chi connectivity index (χ4n) is 2.78. The quantitative estimate of drug-likeness (QED) is 0.817. The Morgan fingerprint density at radius 3 is 2.05 bits per heavy atom. The molecule has 0 heterocycles. The van der Waals surface area contributed by atoms with Crippen LogP contribution in [0.5, 0.6) is 0 Å². The fraction of sp³-hybridized carbons (Fsp3) is 0.647. The summed E-state index contributed by atoms with van der Waals surface area (Å²) >= 11 is 0. The molecule has 2 N–H and O–H groups in total. The minimum absolute atomic E-state index is 0.265. The summed E-state index contributed by atoms with van der Waals surface area (Å²) in [5.74, 6) is 0. The number of hydrogen-bond donors (Lipinski definition) is 1. The molecule has 1 aromatic carbocycles. The van der Waals surface area contributed by atoms with Gasteiger partial charge < -0.3 is 10.6 Å². The Labute approximate surface area is 119 Å². The van der Waals surface area contributed by atoms with E-state index >= 15 is 0 Å². The molecule has 0 spiro atoms. The fourth-order valence-corrected chi connectivity index (χ4v) is 2.78. The van der Waals surface area contributed by atoms with Crippen LogP contribution in [0.4, 0.5) is 0 Å². The molecule has 1 unspecified atom stereocenters. The summed E-state index contributed by atoms with van der Waals surface area (Å²) in [6.45, 7) is 14.3. The predicted molar refractivity (Wildman–Crippen MR) is 84.7 cm³/mol. The van der Waals surface area contributed by atoms with Crippen molar-refractivity contribution in [3.05, 3.63) is 34.4 Å². The Kier molecular flexibility index (Phi) is 6.53. The zero-order chi connectivity index (χ0) is 14.4. The lowest BCUT2D eigenvalue weighted by Gasteiger charge is -2.21. The third kappa shape index (κ3) is 4.96. The van der Waals surface area contributed by atoms with E-state index in [4.69, 9.17) is 5.73 Å². The Hall–Kier alpha value is -0.860. The summed E-state index contributed by atoms with van der Waals surface area (Å²) in [6, 6.07) is 4.79. The highest BCUT2D eigenvalue weighted by molar-refractivity contribution is 5.37. The summed E-state index contributed by atoms with van der Waals surface area (Å²) < 4.78 is 0. The first kappa shape index (κ1) is 16.2. The number of benzene rings is 1. The average Bonchev–Trinajstić information content (AvgIpc) is 2.35. The molecular formula is C17H30N2. The van der Waals surface area contributed by atoms with Crippen molar-refractivity contribution < 1.29 is 0 Å². The van der Waals surface area contributed by atoms with Gasteiger partial charge in [0, 0.05) is 6.04 Å². The number of nitrogens with zero attached hydrogens (tertiary/aromatic N) is 1. The molecule has 0 saturated carbocycles. The maximum atomic E-state index is 6.31. The van der Waals surface area contributed by atoms with Gasteiger partial charge in [0.1, 0.15) is 0 Å². The van der Waals surface area contributed by atoms with Crippen molar-refractivity contribution >= 4 is 0 Å². The second-order valence-electron chi connectivity index (χ2n) is 5.66. The molecule has 108 valence electrons. The van der Waals surface area contributed by atoms with Crippen molar-refractivity contribution in [3.63, 3.8) is 0 Å². The minimum atomic E-state index is 0.265. The molecule has 2 nitrogen and oxygen atoms in total. The van der Waals surface area contributed by atoms with Crippen LogP contribution >= 0.6 is 0 Å². The molecule has 1 atom stereocenters. The predicted octanol–water partition coefficient (Wildman–Crippen LogP) is 3.21. The third-order valence-electron chi connectivity index (χ3n) is 4.02. The van der Waals surface area contributed by atoms with Crippen molar-refractivity contribution in [2.75, 3.05) is 19.6 Å². The molecule has 1 rings (SSSR count). The van der Waals surface area contributed by atoms with E-state index in [2.05, 4.69) is 51.7 Å². The molecule has 0 aliphatic carbocycles. The van der Waals surface area contributed by atoms with Gasteiger partial charge in [-0.1, -0.05) is 31.5 Å². The average molecular weight is 262 g/mol. The van der Waals surface area contributed by atoms with E-state index in [1.807, 2.05) is 0 Å². The van der Waals surface area contributed by atoms with E-state index in [0.717, 1.165) is 32.5 Å². The first-order valence-electron chi connectivity index (χ1n) is 7.52. The standard InChI is InChI=1S/C17H30N2/c1-6-19(7-2)9-8-16(18)12-17-14(4)10-13(3)11-15(17)5/h10-11,16H,6-9,12,18H2,1-5H3. The van der Waals surface area contributed by atoms with E-state index in [9.17, 15) is 0 Å². The summed E-state index contributed by atoms with van der Waals surface area (Å²) in [6.07, 6.45) is 2.08. The van der Waals surface area contributed by atoms with Gasteiger partial charge in [0.25, 0.3) is 0 Å². The highest BCUT2D eigenvalue weighted by atomic mass is 15.1. The topological polar surface area (TPSA) is 29.3 Å². The van der Waals surface area contributed by atoms with E-state index in [-0.39, 0.29) is 6.04 Å². The van der Waals surface area contributed by atoms with Gasteiger partial charge in [-0.2, -0.15) is 0 Å². The van der Waals surface area contributed by atoms with Crippen molar-refractivity contribution in [1.29, 1.82) is 0 Å². The second-order valence-corrected chi connectivity index (χ2v) is 5.66. The molecule has 0 aliphatic rings. The van der Waals surface area contributed by atoms with Gasteiger partial charge in [0.2, 0.25) is 0 Å². The smallest absolute Gasteiger partial charge is 0.00916 e. The lowest BCUT2D eigenvalue weighted by atomic mass is 9.93. The lowest BCUT2D eigenvalue weighted by molar-refractivity contribution is 0.289. The van der Waals surface area contributed by atoms with Gasteiger partial charge in [-0.25, -0.2) is 0 Å². The van der Waals surface area contributed by atoms with Crippen LogP contribution < -0.4 is 5.73 Å². The van der Waals surface area contributed by atoms with Crippen molar-refractivity contribution in [2.45, 2.75) is 53.5 Å². The molecular weight excluding hydrogens is 232 g/mol. The van der Waals surface area contributed by atoms with E-state index in [1.54, 1.807) is 0 Å². The Morgan fingerprint density at radius 2 is 1.58 bits per heavy atom. The van der Waals surface area contributed by atoms with Gasteiger partial charge in [-0.15, -0.1) is 0 Å². The molecule has 0 fully saturated rings. The van der Waals surface area contributed by atoms with Crippen molar-refractivity contribution in [3.8, 4) is 0 Å². The van der Waals surface area contributed by atoms with Crippen LogP contribution in [0.25, 0.3) is 0 Å². The monoisotopic (exact) mass is 262 g/mol. The molecule has 0 bridgehead atoms. The Bertz CT molecular complexity index is 371. The first-order chi connectivity index (χ1) is 8.97. The van der Waals surface area contributed by atoms with E-state index in [1.165, 1.54) is 22.3 Å². The third-order valence-corrected chi connectivity index (χ3v) is 4.02. The SMILES string of the molecule is CCN(CC)CCC(N)Cc1c(C)cc(C)cc1C. The molecule has 0 aromatic heterocycles. The second kappa shape index (κ2) is 7.66. The van der Waals surface area contributed by atoms with Gasteiger partial charge in [0.15, 0.2) is 0 Å². The van der Waals surface area contributed by atoms with E-state index < -0.39 is 0 Å². The van der Waals surface area contributed by atoms with Gasteiger partial charge in [0.05, 0.1) is 0 Å². The van der Waals surface area contributed by atoms with E-state index in [0.29, 0.717) is 0 Å². The highest BCUT2D eigenvalue weighted by Gasteiger charge is 2.10. The van der Waals surface area contributed by atoms with Crippen LogP contribution in [0.15, 0.2) is 12.1 Å². The van der Waals surface area contributed by atoms with Crippen molar-refractivity contribution in [2.24, 2.45) is 5.73 Å². The lowest BCUT2D eigenvalue weighted by Crippen LogP contribution is -2.32. The summed E-state index contributed by atoms with van der Waals surface area (Å²) in [5.41, 5.74) is 11.9. The molecule has 0 saturated heterocycles.